The molecule has 10 heavy (non-hydrogen) atoms. The lowest BCUT2D eigenvalue weighted by molar-refractivity contribution is -0.380. The zero-order valence-electron chi connectivity index (χ0n) is 5.30. The van der Waals surface area contributed by atoms with Crippen LogP contribution in [0.15, 0.2) is 24.3 Å². The average Bonchev–Trinajstić information content (AvgIpc) is 2.04. The van der Waals surface area contributed by atoms with Crippen LogP contribution in [0.2, 0.25) is 0 Å². The molecule has 0 bridgehead atoms. The van der Waals surface area contributed by atoms with Crippen molar-refractivity contribution in [1.29, 1.82) is 0 Å². The Morgan fingerprint density at radius 1 is 1.40 bits per heavy atom. The molecule has 0 aliphatic rings. The van der Waals surface area contributed by atoms with Crippen LogP contribution in [0.25, 0.3) is 0 Å². The smallest absolute Gasteiger partial charge is 0.0874 e. The number of para-hydroxylation sites is 1. The van der Waals surface area contributed by atoms with Crippen molar-refractivity contribution in [2.45, 2.75) is 5.33 Å². The van der Waals surface area contributed by atoms with Crippen LogP contribution in [0.1, 0.15) is 5.56 Å². The second-order valence-corrected chi connectivity index (χ2v) is 2.45. The van der Waals surface area contributed by atoms with Crippen molar-refractivity contribution in [2.75, 3.05) is 0 Å². The number of halogens is 1. The van der Waals surface area contributed by atoms with Gasteiger partial charge in [0.1, 0.15) is 0 Å². The molecule has 0 aromatic heterocycles. The van der Waals surface area contributed by atoms with E-state index in [9.17, 15) is 4.91 Å². The third-order valence-corrected chi connectivity index (χ3v) is 1.88. The predicted molar refractivity (Wildman–Crippen MR) is 43.1 cm³/mol. The Morgan fingerprint density at radius 2 is 2.10 bits per heavy atom. The predicted octanol–water partition coefficient (Wildman–Crippen LogP) is 1.06. The van der Waals surface area contributed by atoms with E-state index in [0.29, 0.717) is 11.0 Å². The van der Waals surface area contributed by atoms with E-state index < -0.39 is 0 Å². The van der Waals surface area contributed by atoms with Crippen LogP contribution in [0.3, 0.4) is 0 Å². The molecule has 0 fully saturated rings. The number of hydrogen-bond acceptors (Lipinski definition) is 1. The third kappa shape index (κ3) is 1.42. The van der Waals surface area contributed by atoms with Gasteiger partial charge in [-0.1, -0.05) is 34.1 Å². The van der Waals surface area contributed by atoms with E-state index in [0.717, 1.165) is 5.56 Å². The molecule has 0 saturated heterocycles. The minimum Gasteiger partial charge on any atom is -0.0874 e. The maximum absolute atomic E-state index is 10.2. The number of rotatable bonds is 2. The maximum atomic E-state index is 10.2. The van der Waals surface area contributed by atoms with Gasteiger partial charge in [0, 0.05) is 27.0 Å². The second-order valence-electron chi connectivity index (χ2n) is 1.89. The number of nitroso groups, excluding NO2 is 1. The molecule has 1 rings (SSSR count). The summed E-state index contributed by atoms with van der Waals surface area (Å²) in [6.45, 7) is 0. The first-order chi connectivity index (χ1) is 4.88. The number of alkyl halides is 1. The van der Waals surface area contributed by atoms with Crippen LogP contribution in [0.4, 0.5) is 5.69 Å². The largest absolute Gasteiger partial charge is 0.257 e. The zero-order chi connectivity index (χ0) is 7.40. The van der Waals surface area contributed by atoms with Gasteiger partial charge in [-0.2, -0.15) is 0 Å². The molecule has 3 heteroatoms. The summed E-state index contributed by atoms with van der Waals surface area (Å²) in [5, 5.41) is 2.57. The van der Waals surface area contributed by atoms with Gasteiger partial charge in [-0.3, -0.25) is 0 Å². The van der Waals surface area contributed by atoms with Gasteiger partial charge in [-0.05, 0) is 0 Å². The van der Waals surface area contributed by atoms with E-state index in [2.05, 4.69) is 15.9 Å². The molecular weight excluding hydrogens is 194 g/mol. The van der Waals surface area contributed by atoms with Crippen LogP contribution >= 0.6 is 15.9 Å². The standard InChI is InChI=1S/C7H6BrNO/c8-5-6-3-1-2-4-7(6)9-10/h1-4H,5H2/p+1. The lowest BCUT2D eigenvalue weighted by Gasteiger charge is -1.89. The molecule has 0 unspecified atom stereocenters. The molecule has 1 N–H and O–H groups in total. The van der Waals surface area contributed by atoms with Crippen molar-refractivity contribution in [2.24, 2.45) is 0 Å². The van der Waals surface area contributed by atoms with Gasteiger partial charge in [0.25, 0.3) is 5.69 Å². The first kappa shape index (κ1) is 7.41. The van der Waals surface area contributed by atoms with Crippen molar-refractivity contribution in [3.05, 3.63) is 34.7 Å². The summed E-state index contributed by atoms with van der Waals surface area (Å²) in [4.78, 5) is 10.2. The minimum absolute atomic E-state index is 0.638. The average molecular weight is 201 g/mol. The van der Waals surface area contributed by atoms with Crippen LogP contribution < -0.4 is 5.18 Å². The van der Waals surface area contributed by atoms with Crippen molar-refractivity contribution in [1.82, 2.24) is 0 Å². The van der Waals surface area contributed by atoms with E-state index in [1.165, 1.54) is 0 Å². The summed E-state index contributed by atoms with van der Waals surface area (Å²) >= 11 is 3.27. The summed E-state index contributed by atoms with van der Waals surface area (Å²) in [6.07, 6.45) is 0. The number of hydrogen-bond donors (Lipinski definition) is 1. The molecule has 52 valence electrons. The Kier molecular flexibility index (Phi) is 2.57. The summed E-state index contributed by atoms with van der Waals surface area (Å²) in [5.41, 5.74) is 1.62. The van der Waals surface area contributed by atoms with Crippen LogP contribution in [-0.2, 0) is 5.33 Å². The quantitative estimate of drug-likeness (QED) is 0.712. The molecular formula is C7H7BrNO+. The SMILES string of the molecule is O=[NH+]c1ccccc1CBr. The lowest BCUT2D eigenvalue weighted by atomic mass is 10.2. The topological polar surface area (TPSA) is 31.0 Å². The van der Waals surface area contributed by atoms with Gasteiger partial charge in [-0.15, -0.1) is 0 Å². The van der Waals surface area contributed by atoms with Crippen molar-refractivity contribution < 1.29 is 5.18 Å². The van der Waals surface area contributed by atoms with E-state index >= 15 is 0 Å². The second kappa shape index (κ2) is 3.46. The molecule has 0 aliphatic heterocycles. The normalized spacial score (nSPS) is 9.30. The highest BCUT2D eigenvalue weighted by atomic mass is 79.9. The van der Waals surface area contributed by atoms with Gasteiger partial charge in [-0.25, -0.2) is 0 Å². The van der Waals surface area contributed by atoms with Gasteiger partial charge in [0.15, 0.2) is 0 Å². The molecule has 0 amide bonds. The highest BCUT2D eigenvalue weighted by Crippen LogP contribution is 2.11. The van der Waals surface area contributed by atoms with E-state index in [-0.39, 0.29) is 0 Å². The van der Waals surface area contributed by atoms with Crippen LogP contribution in [0, 0.1) is 4.91 Å². The van der Waals surface area contributed by atoms with Gasteiger partial charge >= 0.3 is 0 Å². The highest BCUT2D eigenvalue weighted by molar-refractivity contribution is 9.08. The summed E-state index contributed by atoms with van der Waals surface area (Å²) in [6, 6.07) is 7.38. The third-order valence-electron chi connectivity index (χ3n) is 1.27. The fraction of sp³-hybridized carbons (Fsp3) is 0.143. The van der Waals surface area contributed by atoms with Crippen LogP contribution in [0.5, 0.6) is 0 Å². The first-order valence-corrected chi connectivity index (χ1v) is 4.02. The number of nitrogens with one attached hydrogen (secondary N) is 1. The molecule has 0 heterocycles. The monoisotopic (exact) mass is 200 g/mol. The Balaban J connectivity index is 3.08. The van der Waals surface area contributed by atoms with Gasteiger partial charge in [0.05, 0.1) is 0 Å². The maximum Gasteiger partial charge on any atom is 0.257 e. The molecule has 1 aromatic carbocycles. The fourth-order valence-electron chi connectivity index (χ4n) is 0.736. The molecule has 0 saturated carbocycles. The summed E-state index contributed by atoms with van der Waals surface area (Å²) in [7, 11) is 0. The van der Waals surface area contributed by atoms with Crippen molar-refractivity contribution in [3.63, 3.8) is 0 Å². The summed E-state index contributed by atoms with van der Waals surface area (Å²) in [5.74, 6) is 0. The molecule has 1 aromatic rings. The van der Waals surface area contributed by atoms with E-state index in [1.54, 1.807) is 6.07 Å². The first-order valence-electron chi connectivity index (χ1n) is 2.90. The van der Waals surface area contributed by atoms with Gasteiger partial charge in [0.2, 0.25) is 0 Å². The Hall–Kier alpha value is -0.700. The molecule has 0 atom stereocenters. The zero-order valence-corrected chi connectivity index (χ0v) is 6.89. The molecule has 0 aliphatic carbocycles. The molecule has 2 nitrogen and oxygen atoms in total. The Labute approximate surface area is 67.4 Å². The van der Waals surface area contributed by atoms with Crippen molar-refractivity contribution >= 4 is 21.6 Å². The van der Waals surface area contributed by atoms with E-state index in [1.807, 2.05) is 23.4 Å². The van der Waals surface area contributed by atoms with Crippen molar-refractivity contribution in [3.8, 4) is 0 Å². The molecule has 0 spiro atoms. The fourth-order valence-corrected chi connectivity index (χ4v) is 1.23. The highest BCUT2D eigenvalue weighted by Gasteiger charge is 2.03. The lowest BCUT2D eigenvalue weighted by Crippen LogP contribution is -2.56. The number of benzene rings is 1. The Bertz CT molecular complexity index is 237. The minimum atomic E-state index is 0.638. The summed E-state index contributed by atoms with van der Waals surface area (Å²) < 4.78 is 0. The van der Waals surface area contributed by atoms with E-state index in [4.69, 9.17) is 0 Å². The Morgan fingerprint density at radius 3 is 2.60 bits per heavy atom. The molecule has 0 radical (unpaired) electrons. The van der Waals surface area contributed by atoms with Crippen LogP contribution in [-0.4, -0.2) is 0 Å². The van der Waals surface area contributed by atoms with Gasteiger partial charge < -0.3 is 0 Å².